The summed E-state index contributed by atoms with van der Waals surface area (Å²) in [5, 5.41) is 13.2. The van der Waals surface area contributed by atoms with E-state index in [1.807, 2.05) is 6.07 Å². The number of hydrogen-bond donors (Lipinski definition) is 2. The van der Waals surface area contributed by atoms with Gasteiger partial charge in [-0.2, -0.15) is 0 Å². The van der Waals surface area contributed by atoms with E-state index in [0.717, 1.165) is 16.6 Å². The minimum absolute atomic E-state index is 0.340. The van der Waals surface area contributed by atoms with Crippen molar-refractivity contribution >= 4 is 15.9 Å². The van der Waals surface area contributed by atoms with Gasteiger partial charge in [0.05, 0.1) is 4.47 Å². The second-order valence-corrected chi connectivity index (χ2v) is 5.01. The van der Waals surface area contributed by atoms with Crippen molar-refractivity contribution in [3.05, 3.63) is 27.2 Å². The van der Waals surface area contributed by atoms with Gasteiger partial charge in [-0.05, 0) is 71.9 Å². The Labute approximate surface area is 98.8 Å². The van der Waals surface area contributed by atoms with Crippen LogP contribution < -0.4 is 5.32 Å². The van der Waals surface area contributed by atoms with Gasteiger partial charge in [0, 0.05) is 6.04 Å². The Morgan fingerprint density at radius 2 is 2.20 bits per heavy atom. The molecule has 0 aromatic heterocycles. The van der Waals surface area contributed by atoms with Crippen LogP contribution in [0.15, 0.2) is 10.5 Å². The second-order valence-electron chi connectivity index (χ2n) is 4.21. The van der Waals surface area contributed by atoms with Gasteiger partial charge in [0.15, 0.2) is 0 Å². The lowest BCUT2D eigenvalue weighted by atomic mass is 9.95. The molecule has 1 saturated heterocycles. The number of phenolic OH excluding ortho intramolecular Hbond substituents is 1. The molecule has 0 bridgehead atoms. The van der Waals surface area contributed by atoms with Crippen LogP contribution in [-0.2, 0) is 0 Å². The molecule has 0 aliphatic carbocycles. The third-order valence-electron chi connectivity index (χ3n) is 3.14. The maximum Gasteiger partial charge on any atom is 0.130 e. The Balaban J connectivity index is 2.50. The van der Waals surface area contributed by atoms with Gasteiger partial charge in [-0.3, -0.25) is 0 Å². The number of hydrogen-bond acceptors (Lipinski definition) is 2. The summed E-state index contributed by atoms with van der Waals surface area (Å²) in [6.07, 6.45) is 2.43. The highest BCUT2D eigenvalue weighted by atomic mass is 79.9. The SMILES string of the molecule is Cc1cc(O)c(Br)c(C)c1C1CCCN1. The fourth-order valence-electron chi connectivity index (χ4n) is 2.42. The van der Waals surface area contributed by atoms with Crippen molar-refractivity contribution < 1.29 is 5.11 Å². The monoisotopic (exact) mass is 269 g/mol. The van der Waals surface area contributed by atoms with E-state index in [4.69, 9.17) is 0 Å². The Hall–Kier alpha value is -0.540. The quantitative estimate of drug-likeness (QED) is 0.821. The average Bonchev–Trinajstić information content (AvgIpc) is 2.68. The molecule has 0 radical (unpaired) electrons. The van der Waals surface area contributed by atoms with Crippen LogP contribution in [-0.4, -0.2) is 11.7 Å². The first-order chi connectivity index (χ1) is 7.11. The lowest BCUT2D eigenvalue weighted by Gasteiger charge is -2.18. The van der Waals surface area contributed by atoms with Crippen LogP contribution in [0.1, 0.15) is 35.6 Å². The summed E-state index contributed by atoms with van der Waals surface area (Å²) >= 11 is 3.43. The Morgan fingerprint density at radius 1 is 1.47 bits per heavy atom. The maximum atomic E-state index is 9.68. The largest absolute Gasteiger partial charge is 0.507 e. The summed E-state index contributed by atoms with van der Waals surface area (Å²) in [7, 11) is 0. The van der Waals surface area contributed by atoms with Gasteiger partial charge >= 0.3 is 0 Å². The number of nitrogens with one attached hydrogen (secondary N) is 1. The van der Waals surface area contributed by atoms with Crippen LogP contribution in [0.5, 0.6) is 5.75 Å². The van der Waals surface area contributed by atoms with Gasteiger partial charge in [-0.25, -0.2) is 0 Å². The summed E-state index contributed by atoms with van der Waals surface area (Å²) in [6.45, 7) is 5.22. The van der Waals surface area contributed by atoms with Gasteiger partial charge in [0.1, 0.15) is 5.75 Å². The molecule has 2 N–H and O–H groups in total. The van der Waals surface area contributed by atoms with Crippen LogP contribution in [0.25, 0.3) is 0 Å². The zero-order chi connectivity index (χ0) is 11.0. The van der Waals surface area contributed by atoms with Gasteiger partial charge in [-0.15, -0.1) is 0 Å². The third-order valence-corrected chi connectivity index (χ3v) is 4.15. The molecule has 2 rings (SSSR count). The lowest BCUT2D eigenvalue weighted by molar-refractivity contribution is 0.469. The summed E-state index contributed by atoms with van der Waals surface area (Å²) in [4.78, 5) is 0. The minimum atomic E-state index is 0.340. The van der Waals surface area contributed by atoms with E-state index in [-0.39, 0.29) is 0 Å². The molecular formula is C12H16BrNO. The highest BCUT2D eigenvalue weighted by Crippen LogP contribution is 2.37. The highest BCUT2D eigenvalue weighted by molar-refractivity contribution is 9.10. The number of rotatable bonds is 1. The zero-order valence-electron chi connectivity index (χ0n) is 9.10. The normalized spacial score (nSPS) is 20.9. The molecule has 0 spiro atoms. The molecule has 0 amide bonds. The molecule has 1 heterocycles. The summed E-state index contributed by atoms with van der Waals surface area (Å²) in [6, 6.07) is 2.30. The van der Waals surface area contributed by atoms with Gasteiger partial charge in [0.2, 0.25) is 0 Å². The zero-order valence-corrected chi connectivity index (χ0v) is 10.7. The van der Waals surface area contributed by atoms with Crippen molar-refractivity contribution in [2.24, 2.45) is 0 Å². The molecular weight excluding hydrogens is 254 g/mol. The summed E-state index contributed by atoms with van der Waals surface area (Å²) < 4.78 is 0.830. The number of aryl methyl sites for hydroxylation is 1. The van der Waals surface area contributed by atoms with Gasteiger partial charge < -0.3 is 10.4 Å². The molecule has 2 nitrogen and oxygen atoms in total. The highest BCUT2D eigenvalue weighted by Gasteiger charge is 2.22. The number of benzene rings is 1. The molecule has 1 unspecified atom stereocenters. The van der Waals surface area contributed by atoms with Crippen LogP contribution in [0.3, 0.4) is 0 Å². The van der Waals surface area contributed by atoms with E-state index in [2.05, 4.69) is 35.1 Å². The van der Waals surface area contributed by atoms with Crippen LogP contribution in [0, 0.1) is 13.8 Å². The van der Waals surface area contributed by atoms with E-state index < -0.39 is 0 Å². The molecule has 0 saturated carbocycles. The molecule has 1 atom stereocenters. The molecule has 1 aromatic carbocycles. The van der Waals surface area contributed by atoms with Gasteiger partial charge in [0.25, 0.3) is 0 Å². The van der Waals surface area contributed by atoms with E-state index >= 15 is 0 Å². The number of aromatic hydroxyl groups is 1. The second kappa shape index (κ2) is 4.14. The molecule has 1 fully saturated rings. The van der Waals surface area contributed by atoms with Crippen molar-refractivity contribution in [1.82, 2.24) is 5.32 Å². The summed E-state index contributed by atoms with van der Waals surface area (Å²) in [5.74, 6) is 0.340. The van der Waals surface area contributed by atoms with Crippen molar-refractivity contribution in [2.75, 3.05) is 6.54 Å². The van der Waals surface area contributed by atoms with Crippen LogP contribution in [0.4, 0.5) is 0 Å². The Morgan fingerprint density at radius 3 is 2.80 bits per heavy atom. The van der Waals surface area contributed by atoms with E-state index in [1.54, 1.807) is 0 Å². The maximum absolute atomic E-state index is 9.68. The average molecular weight is 270 g/mol. The predicted molar refractivity (Wildman–Crippen MR) is 65.3 cm³/mol. The van der Waals surface area contributed by atoms with Crippen molar-refractivity contribution in [2.45, 2.75) is 32.7 Å². The molecule has 1 aromatic rings. The lowest BCUT2D eigenvalue weighted by Crippen LogP contribution is -2.15. The molecule has 3 heteroatoms. The molecule has 1 aliphatic rings. The molecule has 15 heavy (non-hydrogen) atoms. The van der Waals surface area contributed by atoms with Crippen molar-refractivity contribution in [3.63, 3.8) is 0 Å². The number of phenols is 1. The van der Waals surface area contributed by atoms with E-state index in [0.29, 0.717) is 11.8 Å². The van der Waals surface area contributed by atoms with Crippen molar-refractivity contribution in [1.29, 1.82) is 0 Å². The Bertz CT molecular complexity index is 384. The van der Waals surface area contributed by atoms with Gasteiger partial charge in [-0.1, -0.05) is 0 Å². The molecule has 82 valence electrons. The van der Waals surface area contributed by atoms with Crippen LogP contribution in [0.2, 0.25) is 0 Å². The topological polar surface area (TPSA) is 32.3 Å². The fourth-order valence-corrected chi connectivity index (χ4v) is 2.75. The van der Waals surface area contributed by atoms with Crippen LogP contribution >= 0.6 is 15.9 Å². The third kappa shape index (κ3) is 1.91. The first kappa shape index (κ1) is 11.0. The predicted octanol–water partition coefficient (Wildman–Crippen LogP) is 3.20. The first-order valence-corrected chi connectivity index (χ1v) is 6.12. The van der Waals surface area contributed by atoms with E-state index in [9.17, 15) is 5.11 Å². The van der Waals surface area contributed by atoms with E-state index in [1.165, 1.54) is 24.0 Å². The smallest absolute Gasteiger partial charge is 0.130 e. The minimum Gasteiger partial charge on any atom is -0.507 e. The number of halogens is 1. The van der Waals surface area contributed by atoms with Crippen molar-refractivity contribution in [3.8, 4) is 5.75 Å². The fraction of sp³-hybridized carbons (Fsp3) is 0.500. The standard InChI is InChI=1S/C12H16BrNO/c1-7-6-10(15)12(13)8(2)11(7)9-4-3-5-14-9/h6,9,14-15H,3-5H2,1-2H3. The first-order valence-electron chi connectivity index (χ1n) is 5.33. The molecule has 1 aliphatic heterocycles. The summed E-state index contributed by atoms with van der Waals surface area (Å²) in [5.41, 5.74) is 3.68. The Kier molecular flexibility index (Phi) is 3.03.